The third-order valence-corrected chi connectivity index (χ3v) is 2.94. The molecule has 0 atom stereocenters. The molecule has 3 N–H and O–H groups in total. The van der Waals surface area contributed by atoms with Gasteiger partial charge in [-0.25, -0.2) is 8.78 Å². The molecule has 0 spiro atoms. The van der Waals surface area contributed by atoms with Crippen LogP contribution in [0.5, 0.6) is 0 Å². The van der Waals surface area contributed by atoms with Crippen LogP contribution in [0.4, 0.5) is 25.8 Å². The van der Waals surface area contributed by atoms with Gasteiger partial charge >= 0.3 is 0 Å². The molecule has 0 aliphatic carbocycles. The van der Waals surface area contributed by atoms with Crippen LogP contribution in [0, 0.1) is 18.6 Å². The van der Waals surface area contributed by atoms with Crippen molar-refractivity contribution >= 4 is 28.7 Å². The first kappa shape index (κ1) is 12.6. The van der Waals surface area contributed by atoms with E-state index < -0.39 is 11.6 Å². The summed E-state index contributed by atoms with van der Waals surface area (Å²) in [6.45, 7) is 1.80. The van der Waals surface area contributed by atoms with Gasteiger partial charge in [-0.2, -0.15) is 0 Å². The summed E-state index contributed by atoms with van der Waals surface area (Å²) >= 11 is 5.90. The molecule has 0 unspecified atom stereocenters. The third-order valence-electron chi connectivity index (χ3n) is 2.53. The number of rotatable bonds is 2. The van der Waals surface area contributed by atoms with E-state index in [9.17, 15) is 8.78 Å². The van der Waals surface area contributed by atoms with Crippen LogP contribution in [0.25, 0.3) is 0 Å². The lowest BCUT2D eigenvalue weighted by atomic mass is 10.2. The van der Waals surface area contributed by atoms with Crippen molar-refractivity contribution in [3.63, 3.8) is 0 Å². The highest BCUT2D eigenvalue weighted by Gasteiger charge is 2.08. The Morgan fingerprint density at radius 2 is 1.83 bits per heavy atom. The zero-order valence-corrected chi connectivity index (χ0v) is 10.4. The Hall–Kier alpha value is -1.81. The standard InChI is InChI=1S/C13H11ClF2N2/c1-7-4-13(11(17)6-9(7)14)18-12-5-8(15)2-3-10(12)16/h2-6,18H,17H2,1H3. The minimum absolute atomic E-state index is 0.0309. The summed E-state index contributed by atoms with van der Waals surface area (Å²) in [7, 11) is 0. The van der Waals surface area contributed by atoms with Crippen molar-refractivity contribution in [3.8, 4) is 0 Å². The predicted octanol–water partition coefficient (Wildman–Crippen LogP) is 4.25. The number of nitrogens with two attached hydrogens (primary N) is 1. The van der Waals surface area contributed by atoms with Crippen LogP contribution in [0.3, 0.4) is 0 Å². The molecule has 0 saturated heterocycles. The first-order valence-electron chi connectivity index (χ1n) is 5.25. The second-order valence-electron chi connectivity index (χ2n) is 3.94. The Labute approximate surface area is 108 Å². The summed E-state index contributed by atoms with van der Waals surface area (Å²) in [6, 6.07) is 6.42. The molecule has 18 heavy (non-hydrogen) atoms. The molecular formula is C13H11ClF2N2. The van der Waals surface area contributed by atoms with Crippen LogP contribution < -0.4 is 11.1 Å². The van der Waals surface area contributed by atoms with Gasteiger partial charge in [0.1, 0.15) is 11.6 Å². The zero-order chi connectivity index (χ0) is 13.3. The van der Waals surface area contributed by atoms with E-state index in [4.69, 9.17) is 17.3 Å². The van der Waals surface area contributed by atoms with E-state index in [-0.39, 0.29) is 5.69 Å². The minimum Gasteiger partial charge on any atom is -0.397 e. The molecule has 0 amide bonds. The molecular weight excluding hydrogens is 258 g/mol. The van der Waals surface area contributed by atoms with E-state index in [1.54, 1.807) is 19.1 Å². The van der Waals surface area contributed by atoms with Gasteiger partial charge in [-0.05, 0) is 36.8 Å². The lowest BCUT2D eigenvalue weighted by Gasteiger charge is -2.12. The number of halogens is 3. The molecule has 5 heteroatoms. The molecule has 0 aromatic heterocycles. The maximum Gasteiger partial charge on any atom is 0.146 e. The first-order chi connectivity index (χ1) is 8.47. The number of nitrogens with one attached hydrogen (secondary N) is 1. The Morgan fingerprint density at radius 3 is 2.56 bits per heavy atom. The summed E-state index contributed by atoms with van der Waals surface area (Å²) in [5.41, 5.74) is 7.45. The van der Waals surface area contributed by atoms with Crippen molar-refractivity contribution in [3.05, 3.63) is 52.6 Å². The van der Waals surface area contributed by atoms with Gasteiger partial charge in [0.15, 0.2) is 0 Å². The largest absolute Gasteiger partial charge is 0.397 e. The Kier molecular flexibility index (Phi) is 3.39. The van der Waals surface area contributed by atoms with E-state index in [1.807, 2.05) is 0 Å². The van der Waals surface area contributed by atoms with Gasteiger partial charge < -0.3 is 11.1 Å². The summed E-state index contributed by atoms with van der Waals surface area (Å²) in [5, 5.41) is 3.28. The maximum absolute atomic E-state index is 13.5. The number of aryl methyl sites for hydroxylation is 1. The van der Waals surface area contributed by atoms with Crippen LogP contribution in [-0.2, 0) is 0 Å². The SMILES string of the molecule is Cc1cc(Nc2cc(F)ccc2F)c(N)cc1Cl. The number of nitrogen functional groups attached to an aromatic ring is 1. The van der Waals surface area contributed by atoms with Crippen molar-refractivity contribution < 1.29 is 8.78 Å². The van der Waals surface area contributed by atoms with E-state index in [1.165, 1.54) is 0 Å². The molecule has 0 aliphatic heterocycles. The highest BCUT2D eigenvalue weighted by molar-refractivity contribution is 6.31. The van der Waals surface area contributed by atoms with Gasteiger partial charge in [-0.15, -0.1) is 0 Å². The third kappa shape index (κ3) is 2.54. The fourth-order valence-electron chi connectivity index (χ4n) is 1.54. The van der Waals surface area contributed by atoms with E-state index >= 15 is 0 Å². The molecule has 2 aromatic rings. The first-order valence-corrected chi connectivity index (χ1v) is 5.63. The van der Waals surface area contributed by atoms with Crippen molar-refractivity contribution in [1.82, 2.24) is 0 Å². The van der Waals surface area contributed by atoms with Gasteiger partial charge in [-0.3, -0.25) is 0 Å². The molecule has 0 heterocycles. The maximum atomic E-state index is 13.5. The highest BCUT2D eigenvalue weighted by Crippen LogP contribution is 2.30. The second kappa shape index (κ2) is 4.82. The average molecular weight is 269 g/mol. The van der Waals surface area contributed by atoms with Crippen molar-refractivity contribution in [2.24, 2.45) is 0 Å². The summed E-state index contributed by atoms with van der Waals surface area (Å²) in [6.07, 6.45) is 0. The Morgan fingerprint density at radius 1 is 1.11 bits per heavy atom. The van der Waals surface area contributed by atoms with Gasteiger partial charge in [0.05, 0.1) is 17.1 Å². The van der Waals surface area contributed by atoms with E-state index in [0.717, 1.165) is 23.8 Å². The zero-order valence-electron chi connectivity index (χ0n) is 9.60. The predicted molar refractivity (Wildman–Crippen MR) is 70.2 cm³/mol. The summed E-state index contributed by atoms with van der Waals surface area (Å²) in [5.74, 6) is -1.08. The van der Waals surface area contributed by atoms with Gasteiger partial charge in [0, 0.05) is 11.1 Å². The van der Waals surface area contributed by atoms with Crippen molar-refractivity contribution in [2.45, 2.75) is 6.92 Å². The smallest absolute Gasteiger partial charge is 0.146 e. The molecule has 0 radical (unpaired) electrons. The summed E-state index contributed by atoms with van der Waals surface area (Å²) < 4.78 is 26.5. The molecule has 0 fully saturated rings. The minimum atomic E-state index is -0.552. The van der Waals surface area contributed by atoms with Gasteiger partial charge in [0.2, 0.25) is 0 Å². The topological polar surface area (TPSA) is 38.0 Å². The number of hydrogen-bond donors (Lipinski definition) is 2. The summed E-state index contributed by atoms with van der Waals surface area (Å²) in [4.78, 5) is 0. The van der Waals surface area contributed by atoms with Crippen LogP contribution in [0.1, 0.15) is 5.56 Å². The molecule has 0 aliphatic rings. The van der Waals surface area contributed by atoms with Crippen LogP contribution in [0.15, 0.2) is 30.3 Å². The Balaban J connectivity index is 2.40. The monoisotopic (exact) mass is 268 g/mol. The fraction of sp³-hybridized carbons (Fsp3) is 0.0769. The molecule has 2 nitrogen and oxygen atoms in total. The number of anilines is 3. The molecule has 0 bridgehead atoms. The fourth-order valence-corrected chi connectivity index (χ4v) is 1.72. The lowest BCUT2D eigenvalue weighted by Crippen LogP contribution is -1.99. The average Bonchev–Trinajstić information content (AvgIpc) is 2.30. The van der Waals surface area contributed by atoms with Crippen molar-refractivity contribution in [2.75, 3.05) is 11.1 Å². The van der Waals surface area contributed by atoms with E-state index in [0.29, 0.717) is 16.4 Å². The highest BCUT2D eigenvalue weighted by atomic mass is 35.5. The van der Waals surface area contributed by atoms with Crippen LogP contribution in [-0.4, -0.2) is 0 Å². The number of benzene rings is 2. The van der Waals surface area contributed by atoms with Gasteiger partial charge in [0.25, 0.3) is 0 Å². The Bertz CT molecular complexity index is 600. The van der Waals surface area contributed by atoms with E-state index in [2.05, 4.69) is 5.32 Å². The molecule has 94 valence electrons. The second-order valence-corrected chi connectivity index (χ2v) is 4.35. The lowest BCUT2D eigenvalue weighted by molar-refractivity contribution is 0.603. The van der Waals surface area contributed by atoms with Gasteiger partial charge in [-0.1, -0.05) is 11.6 Å². The van der Waals surface area contributed by atoms with Crippen LogP contribution in [0.2, 0.25) is 5.02 Å². The molecule has 2 rings (SSSR count). The number of hydrogen-bond acceptors (Lipinski definition) is 2. The van der Waals surface area contributed by atoms with Crippen molar-refractivity contribution in [1.29, 1.82) is 0 Å². The van der Waals surface area contributed by atoms with Crippen LogP contribution >= 0.6 is 11.6 Å². The molecule has 2 aromatic carbocycles. The molecule has 0 saturated carbocycles. The normalized spacial score (nSPS) is 10.4. The quantitative estimate of drug-likeness (QED) is 0.799.